The number of aryl methyl sites for hydroxylation is 1. The monoisotopic (exact) mass is 346 g/mol. The van der Waals surface area contributed by atoms with E-state index >= 15 is 0 Å². The Bertz CT molecular complexity index is 668. The first-order chi connectivity index (χ1) is 11.5. The SMILES string of the molecule is CCCc1ccc([C@H]([NH2+][C@H](C)C(=O)NC(N)=O)c2cccs2)cc1. The Morgan fingerprint density at radius 1 is 1.25 bits per heavy atom. The van der Waals surface area contributed by atoms with Crippen LogP contribution < -0.4 is 16.4 Å². The van der Waals surface area contributed by atoms with Crippen molar-refractivity contribution in [2.24, 2.45) is 5.73 Å². The minimum Gasteiger partial charge on any atom is -0.351 e. The zero-order chi connectivity index (χ0) is 17.5. The number of carbonyl (C=O) groups excluding carboxylic acids is 2. The maximum Gasteiger partial charge on any atom is 0.319 e. The van der Waals surface area contributed by atoms with E-state index in [4.69, 9.17) is 5.73 Å². The smallest absolute Gasteiger partial charge is 0.319 e. The van der Waals surface area contributed by atoms with Gasteiger partial charge in [-0.2, -0.15) is 0 Å². The van der Waals surface area contributed by atoms with Crippen molar-refractivity contribution in [3.63, 3.8) is 0 Å². The summed E-state index contributed by atoms with van der Waals surface area (Å²) in [5.74, 6) is -0.383. The fourth-order valence-corrected chi connectivity index (χ4v) is 3.46. The number of primary amides is 1. The minimum absolute atomic E-state index is 0.00861. The summed E-state index contributed by atoms with van der Waals surface area (Å²) in [6.07, 6.45) is 2.18. The van der Waals surface area contributed by atoms with E-state index in [-0.39, 0.29) is 11.9 Å². The van der Waals surface area contributed by atoms with Crippen LogP contribution in [-0.4, -0.2) is 18.0 Å². The number of nitrogens with two attached hydrogens (primary N) is 2. The van der Waals surface area contributed by atoms with Crippen molar-refractivity contribution in [2.45, 2.75) is 38.8 Å². The van der Waals surface area contributed by atoms with E-state index in [1.165, 1.54) is 5.56 Å². The molecule has 5 N–H and O–H groups in total. The molecule has 24 heavy (non-hydrogen) atoms. The normalized spacial score (nSPS) is 13.2. The van der Waals surface area contributed by atoms with Crippen LogP contribution in [0.1, 0.15) is 42.3 Å². The summed E-state index contributed by atoms with van der Waals surface area (Å²) < 4.78 is 0. The number of imide groups is 1. The van der Waals surface area contributed by atoms with Gasteiger partial charge in [-0.3, -0.25) is 10.1 Å². The number of nitrogens with one attached hydrogen (secondary N) is 1. The molecule has 6 heteroatoms. The molecule has 1 aromatic heterocycles. The van der Waals surface area contributed by atoms with E-state index in [2.05, 4.69) is 42.6 Å². The first-order valence-corrected chi connectivity index (χ1v) is 8.96. The largest absolute Gasteiger partial charge is 0.351 e. The molecule has 0 fully saturated rings. The number of thiophene rings is 1. The van der Waals surface area contributed by atoms with Crippen LogP contribution in [0.25, 0.3) is 0 Å². The molecule has 2 rings (SSSR count). The molecule has 0 aliphatic carbocycles. The molecule has 0 radical (unpaired) electrons. The first kappa shape index (κ1) is 18.2. The average Bonchev–Trinajstić information content (AvgIpc) is 3.07. The van der Waals surface area contributed by atoms with Gasteiger partial charge in [0.2, 0.25) is 0 Å². The fraction of sp³-hybridized carbons (Fsp3) is 0.333. The third-order valence-corrected chi connectivity index (χ3v) is 4.82. The van der Waals surface area contributed by atoms with E-state index < -0.39 is 12.1 Å². The molecule has 5 nitrogen and oxygen atoms in total. The maximum absolute atomic E-state index is 12.0. The van der Waals surface area contributed by atoms with Gasteiger partial charge < -0.3 is 11.1 Å². The van der Waals surface area contributed by atoms with Crippen LogP contribution in [0, 0.1) is 0 Å². The summed E-state index contributed by atoms with van der Waals surface area (Å²) in [7, 11) is 0. The van der Waals surface area contributed by atoms with Gasteiger partial charge >= 0.3 is 6.03 Å². The third kappa shape index (κ3) is 4.91. The Morgan fingerprint density at radius 2 is 1.96 bits per heavy atom. The number of rotatable bonds is 7. The lowest BCUT2D eigenvalue weighted by molar-refractivity contribution is -0.704. The topological polar surface area (TPSA) is 88.8 Å². The van der Waals surface area contributed by atoms with Gasteiger partial charge in [-0.25, -0.2) is 4.79 Å². The first-order valence-electron chi connectivity index (χ1n) is 8.08. The third-order valence-electron chi connectivity index (χ3n) is 3.87. The van der Waals surface area contributed by atoms with Crippen LogP contribution in [0.3, 0.4) is 0 Å². The van der Waals surface area contributed by atoms with Gasteiger partial charge in [-0.05, 0) is 30.4 Å². The number of urea groups is 1. The van der Waals surface area contributed by atoms with Crippen LogP contribution in [0.4, 0.5) is 4.79 Å². The Balaban J connectivity index is 2.19. The van der Waals surface area contributed by atoms with Gasteiger partial charge in [0.05, 0.1) is 4.88 Å². The Morgan fingerprint density at radius 3 is 2.50 bits per heavy atom. The molecular formula is C18H24N3O2S+. The van der Waals surface area contributed by atoms with Crippen LogP contribution in [0.5, 0.6) is 0 Å². The lowest BCUT2D eigenvalue weighted by atomic mass is 10.0. The molecule has 1 aromatic carbocycles. The molecule has 0 spiro atoms. The van der Waals surface area contributed by atoms with Crippen molar-refractivity contribution in [2.75, 3.05) is 0 Å². The highest BCUT2D eigenvalue weighted by Crippen LogP contribution is 2.23. The summed E-state index contributed by atoms with van der Waals surface area (Å²) in [6, 6.07) is 11.3. The molecule has 0 unspecified atom stereocenters. The van der Waals surface area contributed by atoms with Crippen LogP contribution in [-0.2, 0) is 11.2 Å². The number of carbonyl (C=O) groups is 2. The van der Waals surface area contributed by atoms with Crippen molar-refractivity contribution in [3.8, 4) is 0 Å². The van der Waals surface area contributed by atoms with Crippen molar-refractivity contribution in [1.29, 1.82) is 0 Å². The number of hydrogen-bond donors (Lipinski definition) is 3. The highest BCUT2D eigenvalue weighted by molar-refractivity contribution is 7.10. The molecular weight excluding hydrogens is 322 g/mol. The average molecular weight is 346 g/mol. The number of quaternary nitrogens is 1. The molecule has 0 aliphatic heterocycles. The van der Waals surface area contributed by atoms with E-state index in [9.17, 15) is 9.59 Å². The molecule has 0 bridgehead atoms. The van der Waals surface area contributed by atoms with Gasteiger partial charge in [0.1, 0.15) is 6.04 Å². The highest BCUT2D eigenvalue weighted by Gasteiger charge is 2.26. The molecule has 0 saturated heterocycles. The fourth-order valence-electron chi connectivity index (χ4n) is 2.63. The number of amides is 3. The maximum atomic E-state index is 12.0. The summed E-state index contributed by atoms with van der Waals surface area (Å²) in [5, 5.41) is 6.12. The summed E-state index contributed by atoms with van der Waals surface area (Å²) in [6.45, 7) is 3.93. The Labute approximate surface area is 146 Å². The second-order valence-electron chi connectivity index (χ2n) is 5.82. The standard InChI is InChI=1S/C18H23N3O2S/c1-3-5-13-7-9-14(10-8-13)16(15-6-4-11-24-15)20-12(2)17(22)21-18(19)23/h4,6-12,16,20H,3,5H2,1-2H3,(H3,19,21,22,23)/p+1/t12-,16+/m1/s1. The zero-order valence-corrected chi connectivity index (χ0v) is 14.8. The second kappa shape index (κ2) is 8.61. The van der Waals surface area contributed by atoms with Gasteiger partial charge in [-0.1, -0.05) is 43.7 Å². The molecule has 2 atom stereocenters. The van der Waals surface area contributed by atoms with Crippen LogP contribution in [0.2, 0.25) is 0 Å². The van der Waals surface area contributed by atoms with Crippen molar-refractivity contribution < 1.29 is 14.9 Å². The van der Waals surface area contributed by atoms with Gasteiger partial charge in [0.15, 0.2) is 6.04 Å². The Hall–Kier alpha value is -2.18. The molecule has 0 saturated carbocycles. The van der Waals surface area contributed by atoms with Gasteiger partial charge in [0, 0.05) is 5.56 Å². The predicted octanol–water partition coefficient (Wildman–Crippen LogP) is 1.94. The van der Waals surface area contributed by atoms with Crippen molar-refractivity contribution in [1.82, 2.24) is 5.32 Å². The summed E-state index contributed by atoms with van der Waals surface area (Å²) in [5.41, 5.74) is 7.48. The lowest BCUT2D eigenvalue weighted by Crippen LogP contribution is -2.92. The van der Waals surface area contributed by atoms with E-state index in [0.717, 1.165) is 23.3 Å². The van der Waals surface area contributed by atoms with Gasteiger partial charge in [-0.15, -0.1) is 11.3 Å². The minimum atomic E-state index is -0.822. The lowest BCUT2D eigenvalue weighted by Gasteiger charge is -2.19. The predicted molar refractivity (Wildman–Crippen MR) is 95.7 cm³/mol. The quantitative estimate of drug-likeness (QED) is 0.715. The zero-order valence-electron chi connectivity index (χ0n) is 14.0. The second-order valence-corrected chi connectivity index (χ2v) is 6.80. The molecule has 0 aliphatic rings. The van der Waals surface area contributed by atoms with Crippen LogP contribution in [0.15, 0.2) is 41.8 Å². The van der Waals surface area contributed by atoms with Crippen LogP contribution >= 0.6 is 11.3 Å². The molecule has 128 valence electrons. The summed E-state index contributed by atoms with van der Waals surface area (Å²) >= 11 is 1.65. The number of benzene rings is 1. The molecule has 2 aromatic rings. The van der Waals surface area contributed by atoms with Crippen molar-refractivity contribution in [3.05, 3.63) is 57.8 Å². The highest BCUT2D eigenvalue weighted by atomic mass is 32.1. The molecule has 1 heterocycles. The molecule has 3 amide bonds. The van der Waals surface area contributed by atoms with E-state index in [1.54, 1.807) is 18.3 Å². The van der Waals surface area contributed by atoms with Gasteiger partial charge in [0.25, 0.3) is 5.91 Å². The Kier molecular flexibility index (Phi) is 6.52. The number of hydrogen-bond acceptors (Lipinski definition) is 3. The van der Waals surface area contributed by atoms with E-state index in [0.29, 0.717) is 0 Å². The van der Waals surface area contributed by atoms with E-state index in [1.807, 2.05) is 16.8 Å². The van der Waals surface area contributed by atoms with Crippen molar-refractivity contribution >= 4 is 23.3 Å². The summed E-state index contributed by atoms with van der Waals surface area (Å²) in [4.78, 5) is 24.0.